The minimum Gasteiger partial charge on any atom is -0.480 e. The SMILES string of the molecule is NC(CCC(=O)NC(CS)C(=O)NCC(=O)O)C(=O)O.[Cr]. The zero-order chi connectivity index (χ0) is 15.7. The van der Waals surface area contributed by atoms with Crippen LogP contribution in [0.1, 0.15) is 12.8 Å². The second kappa shape index (κ2) is 11.4. The molecule has 0 aliphatic rings. The normalized spacial score (nSPS) is 12.5. The van der Waals surface area contributed by atoms with E-state index in [9.17, 15) is 19.2 Å². The molecule has 2 atom stereocenters. The molecule has 0 fully saturated rings. The quantitative estimate of drug-likeness (QED) is 0.255. The predicted molar refractivity (Wildman–Crippen MR) is 71.3 cm³/mol. The van der Waals surface area contributed by atoms with Crippen LogP contribution in [0.25, 0.3) is 0 Å². The molecule has 120 valence electrons. The Labute approximate surface area is 137 Å². The maximum absolute atomic E-state index is 11.5. The number of amides is 2. The minimum atomic E-state index is -1.22. The summed E-state index contributed by atoms with van der Waals surface area (Å²) in [6.45, 7) is -0.567. The van der Waals surface area contributed by atoms with Crippen LogP contribution in [-0.4, -0.2) is 58.3 Å². The number of hydrogen-bond acceptors (Lipinski definition) is 6. The standard InChI is InChI=1S/C10H17N3O6S.Cr/c11-5(10(18)19)1-2-7(14)13-6(4-20)9(17)12-3-8(15)16;/h5-6,20H,1-4,11H2,(H,12,17)(H,13,14)(H,15,16)(H,18,19);. The van der Waals surface area contributed by atoms with Crippen molar-refractivity contribution in [2.45, 2.75) is 24.9 Å². The fraction of sp³-hybridized carbons (Fsp3) is 0.600. The molecule has 0 aliphatic carbocycles. The smallest absolute Gasteiger partial charge is 0.322 e. The average Bonchev–Trinajstić information content (AvgIpc) is 2.38. The molecular weight excluding hydrogens is 342 g/mol. The molecule has 0 aromatic rings. The number of carboxylic acids is 2. The first-order chi connectivity index (χ1) is 9.27. The van der Waals surface area contributed by atoms with Crippen LogP contribution >= 0.6 is 12.6 Å². The van der Waals surface area contributed by atoms with E-state index in [1.807, 2.05) is 0 Å². The van der Waals surface area contributed by atoms with Gasteiger partial charge < -0.3 is 26.6 Å². The summed E-state index contributed by atoms with van der Waals surface area (Å²) in [6, 6.07) is -2.15. The molecule has 11 heteroatoms. The van der Waals surface area contributed by atoms with Gasteiger partial charge in [0.15, 0.2) is 0 Å². The second-order valence-corrected chi connectivity index (χ2v) is 4.26. The number of carbonyl (C=O) groups is 4. The Bertz CT molecular complexity index is 395. The molecule has 6 N–H and O–H groups in total. The molecule has 0 aliphatic heterocycles. The van der Waals surface area contributed by atoms with E-state index in [-0.39, 0.29) is 36.0 Å². The van der Waals surface area contributed by atoms with Crippen LogP contribution < -0.4 is 16.4 Å². The van der Waals surface area contributed by atoms with E-state index in [4.69, 9.17) is 15.9 Å². The number of hydrogen-bond donors (Lipinski definition) is 6. The fourth-order valence-corrected chi connectivity index (χ4v) is 1.41. The van der Waals surface area contributed by atoms with Crippen LogP contribution in [0.3, 0.4) is 0 Å². The van der Waals surface area contributed by atoms with Gasteiger partial charge in [0.05, 0.1) is 0 Å². The maximum Gasteiger partial charge on any atom is 0.322 e. The second-order valence-electron chi connectivity index (χ2n) is 3.90. The Hall–Kier alpha value is -1.28. The number of nitrogens with two attached hydrogens (primary N) is 1. The van der Waals surface area contributed by atoms with E-state index in [1.54, 1.807) is 0 Å². The van der Waals surface area contributed by atoms with Crippen molar-refractivity contribution in [3.05, 3.63) is 0 Å². The summed E-state index contributed by atoms with van der Waals surface area (Å²) in [4.78, 5) is 43.7. The maximum atomic E-state index is 11.5. The van der Waals surface area contributed by atoms with Crippen molar-refractivity contribution in [1.82, 2.24) is 10.6 Å². The Morgan fingerprint density at radius 2 is 1.76 bits per heavy atom. The van der Waals surface area contributed by atoms with Gasteiger partial charge in [-0.2, -0.15) is 12.6 Å². The van der Waals surface area contributed by atoms with Crippen molar-refractivity contribution in [2.75, 3.05) is 12.3 Å². The predicted octanol–water partition coefficient (Wildman–Crippen LogP) is -2.21. The molecule has 0 radical (unpaired) electrons. The van der Waals surface area contributed by atoms with Crippen molar-refractivity contribution in [3.63, 3.8) is 0 Å². The molecule has 0 heterocycles. The van der Waals surface area contributed by atoms with Gasteiger partial charge in [-0.15, -0.1) is 0 Å². The Morgan fingerprint density at radius 1 is 1.19 bits per heavy atom. The van der Waals surface area contributed by atoms with Crippen LogP contribution in [0.4, 0.5) is 0 Å². The zero-order valence-electron chi connectivity index (χ0n) is 10.9. The largest absolute Gasteiger partial charge is 0.480 e. The Kier molecular flexibility index (Phi) is 11.9. The van der Waals surface area contributed by atoms with Gasteiger partial charge in [0.1, 0.15) is 18.6 Å². The van der Waals surface area contributed by atoms with Crippen LogP contribution in [-0.2, 0) is 36.5 Å². The molecule has 0 aromatic heterocycles. The van der Waals surface area contributed by atoms with Crippen LogP contribution in [0, 0.1) is 0 Å². The van der Waals surface area contributed by atoms with Gasteiger partial charge in [0.25, 0.3) is 0 Å². The van der Waals surface area contributed by atoms with Gasteiger partial charge in [0, 0.05) is 29.5 Å². The molecule has 0 spiro atoms. The van der Waals surface area contributed by atoms with E-state index >= 15 is 0 Å². The summed E-state index contributed by atoms with van der Waals surface area (Å²) in [7, 11) is 0. The summed E-state index contributed by atoms with van der Waals surface area (Å²) >= 11 is 3.87. The van der Waals surface area contributed by atoms with Crippen molar-refractivity contribution in [2.24, 2.45) is 5.73 Å². The van der Waals surface area contributed by atoms with Crippen LogP contribution in [0.5, 0.6) is 0 Å². The molecule has 0 saturated carbocycles. The van der Waals surface area contributed by atoms with Crippen LogP contribution in [0.15, 0.2) is 0 Å². The third-order valence-electron chi connectivity index (χ3n) is 2.25. The molecular formula is C10H17CrN3O6S. The number of carbonyl (C=O) groups excluding carboxylic acids is 2. The number of rotatable bonds is 9. The van der Waals surface area contributed by atoms with Crippen molar-refractivity contribution in [1.29, 1.82) is 0 Å². The molecule has 21 heavy (non-hydrogen) atoms. The van der Waals surface area contributed by atoms with E-state index in [0.29, 0.717) is 0 Å². The van der Waals surface area contributed by atoms with Gasteiger partial charge in [-0.25, -0.2) is 0 Å². The molecule has 2 amide bonds. The van der Waals surface area contributed by atoms with Gasteiger partial charge in [-0.05, 0) is 6.42 Å². The Balaban J connectivity index is 0. The summed E-state index contributed by atoms with van der Waals surface area (Å²) in [5.41, 5.74) is 5.23. The summed E-state index contributed by atoms with van der Waals surface area (Å²) in [6.07, 6.45) is -0.235. The molecule has 2 unspecified atom stereocenters. The first kappa shape index (κ1) is 22.0. The van der Waals surface area contributed by atoms with Gasteiger partial charge >= 0.3 is 11.9 Å². The monoisotopic (exact) mass is 359 g/mol. The van der Waals surface area contributed by atoms with Crippen molar-refractivity contribution >= 4 is 36.4 Å². The van der Waals surface area contributed by atoms with E-state index in [2.05, 4.69) is 23.3 Å². The van der Waals surface area contributed by atoms with Gasteiger partial charge in [-0.3, -0.25) is 19.2 Å². The van der Waals surface area contributed by atoms with Crippen molar-refractivity contribution in [3.8, 4) is 0 Å². The molecule has 9 nitrogen and oxygen atoms in total. The minimum absolute atomic E-state index is 0. The first-order valence-corrected chi connectivity index (χ1v) is 6.29. The zero-order valence-corrected chi connectivity index (χ0v) is 13.1. The topological polar surface area (TPSA) is 159 Å². The summed E-state index contributed by atoms with van der Waals surface area (Å²) in [5.74, 6) is -3.70. The third-order valence-corrected chi connectivity index (χ3v) is 2.61. The van der Waals surface area contributed by atoms with Crippen LogP contribution in [0.2, 0.25) is 0 Å². The first-order valence-electron chi connectivity index (χ1n) is 5.66. The number of carboxylic acid groups (broad SMARTS) is 2. The van der Waals surface area contributed by atoms with E-state index in [1.165, 1.54) is 0 Å². The molecule has 0 aromatic carbocycles. The average molecular weight is 359 g/mol. The number of aliphatic carboxylic acids is 2. The molecule has 0 saturated heterocycles. The van der Waals surface area contributed by atoms with E-state index in [0.717, 1.165) is 0 Å². The summed E-state index contributed by atoms with van der Waals surface area (Å²) < 4.78 is 0. The number of thiol groups is 1. The molecule has 0 rings (SSSR count). The Morgan fingerprint density at radius 3 is 2.19 bits per heavy atom. The molecule has 0 bridgehead atoms. The third kappa shape index (κ3) is 10.1. The van der Waals surface area contributed by atoms with E-state index < -0.39 is 42.4 Å². The van der Waals surface area contributed by atoms with Gasteiger partial charge in [0.2, 0.25) is 11.8 Å². The number of nitrogens with one attached hydrogen (secondary N) is 2. The van der Waals surface area contributed by atoms with Gasteiger partial charge in [-0.1, -0.05) is 0 Å². The van der Waals surface area contributed by atoms with Crippen molar-refractivity contribution < 1.29 is 46.8 Å². The fourth-order valence-electron chi connectivity index (χ4n) is 1.16. The summed E-state index contributed by atoms with van der Waals surface area (Å²) in [5, 5.41) is 21.4.